The number of nitrogens with two attached hydrogens (primary N) is 1. The number of anilines is 3. The van der Waals surface area contributed by atoms with Gasteiger partial charge in [-0.3, -0.25) is 4.90 Å². The second-order valence-electron chi connectivity index (χ2n) is 9.47. The van der Waals surface area contributed by atoms with E-state index in [2.05, 4.69) is 25.0 Å². The fourth-order valence-corrected chi connectivity index (χ4v) is 4.64. The van der Waals surface area contributed by atoms with E-state index in [1.54, 1.807) is 12.1 Å². The number of piperazine rings is 1. The Labute approximate surface area is 229 Å². The second kappa shape index (κ2) is 11.2. The minimum absolute atomic E-state index is 0.145. The molecule has 0 unspecified atom stereocenters. The molecule has 0 aliphatic carbocycles. The van der Waals surface area contributed by atoms with Crippen LogP contribution >= 0.6 is 0 Å². The van der Waals surface area contributed by atoms with Crippen LogP contribution in [0.3, 0.4) is 0 Å². The van der Waals surface area contributed by atoms with E-state index in [4.69, 9.17) is 14.9 Å². The molecule has 0 atom stereocenters. The maximum atomic E-state index is 14.6. The quantitative estimate of drug-likeness (QED) is 0.290. The van der Waals surface area contributed by atoms with Gasteiger partial charge in [-0.1, -0.05) is 0 Å². The first-order chi connectivity index (χ1) is 19.1. The molecule has 3 aromatic heterocycles. The lowest BCUT2D eigenvalue weighted by Crippen LogP contribution is -2.48. The highest BCUT2D eigenvalue weighted by atomic mass is 32.2. The van der Waals surface area contributed by atoms with E-state index in [1.165, 1.54) is 16.8 Å². The highest BCUT2D eigenvalue weighted by Gasteiger charge is 2.23. The Balaban J connectivity index is 1.17. The number of rotatable bonds is 10. The molecule has 1 fully saturated rings. The number of aromatic nitrogens is 5. The van der Waals surface area contributed by atoms with Crippen molar-refractivity contribution in [2.45, 2.75) is 0 Å². The van der Waals surface area contributed by atoms with E-state index in [9.17, 15) is 17.2 Å². The number of hydrogen-bond donors (Lipinski definition) is 1. The van der Waals surface area contributed by atoms with E-state index < -0.39 is 21.5 Å². The molecule has 0 amide bonds. The van der Waals surface area contributed by atoms with Gasteiger partial charge in [0.15, 0.2) is 27.2 Å². The molecule has 4 aromatic rings. The van der Waals surface area contributed by atoms with Crippen LogP contribution in [0.2, 0.25) is 0 Å². The van der Waals surface area contributed by atoms with Crippen molar-refractivity contribution in [2.24, 2.45) is 0 Å². The van der Waals surface area contributed by atoms with Crippen molar-refractivity contribution in [1.82, 2.24) is 29.5 Å². The number of fused-ring (bicyclic) bond motifs is 1. The third-order valence-electron chi connectivity index (χ3n) is 6.48. The molecule has 13 nitrogen and oxygen atoms in total. The Hall–Kier alpha value is -4.05. The molecule has 4 heterocycles. The van der Waals surface area contributed by atoms with Crippen LogP contribution in [0, 0.1) is 11.6 Å². The first kappa shape index (κ1) is 27.5. The van der Waals surface area contributed by atoms with Gasteiger partial charge >= 0.3 is 0 Å². The van der Waals surface area contributed by atoms with Crippen LogP contribution in [0.4, 0.5) is 26.4 Å². The lowest BCUT2D eigenvalue weighted by Gasteiger charge is -2.37. The smallest absolute Gasteiger partial charge is 0.259 e. The summed E-state index contributed by atoms with van der Waals surface area (Å²) in [7, 11) is -1.41. The highest BCUT2D eigenvalue weighted by molar-refractivity contribution is 7.90. The minimum Gasteiger partial charge on any atom is -0.489 e. The Bertz CT molecular complexity index is 1590. The van der Waals surface area contributed by atoms with Crippen LogP contribution in [0.25, 0.3) is 17.4 Å². The molecule has 40 heavy (non-hydrogen) atoms. The molecule has 1 aliphatic rings. The van der Waals surface area contributed by atoms with E-state index in [-0.39, 0.29) is 29.7 Å². The summed E-state index contributed by atoms with van der Waals surface area (Å²) < 4.78 is 63.4. The van der Waals surface area contributed by atoms with Crippen molar-refractivity contribution in [3.05, 3.63) is 42.2 Å². The number of ether oxygens (including phenoxy) is 1. The van der Waals surface area contributed by atoms with Gasteiger partial charge in [0.05, 0.1) is 17.7 Å². The molecule has 2 N–H and O–H groups in total. The van der Waals surface area contributed by atoms with Gasteiger partial charge in [0.1, 0.15) is 12.4 Å². The van der Waals surface area contributed by atoms with Crippen molar-refractivity contribution in [3.8, 4) is 17.3 Å². The molecular weight excluding hydrogens is 548 g/mol. The summed E-state index contributed by atoms with van der Waals surface area (Å²) in [4.78, 5) is 19.1. The third-order valence-corrected chi connectivity index (χ3v) is 7.39. The molecule has 1 aliphatic heterocycles. The first-order valence-electron chi connectivity index (χ1n) is 12.5. The van der Waals surface area contributed by atoms with Crippen LogP contribution in [0.15, 0.2) is 34.9 Å². The van der Waals surface area contributed by atoms with E-state index in [0.29, 0.717) is 62.6 Å². The number of furan rings is 1. The second-order valence-corrected chi connectivity index (χ2v) is 11.7. The lowest BCUT2D eigenvalue weighted by atomic mass is 10.2. The number of nitrogen functional groups attached to an aromatic ring is 1. The van der Waals surface area contributed by atoms with Gasteiger partial charge in [-0.2, -0.15) is 19.5 Å². The predicted octanol–water partition coefficient (Wildman–Crippen LogP) is 1.32. The largest absolute Gasteiger partial charge is 0.489 e. The highest BCUT2D eigenvalue weighted by Crippen LogP contribution is 2.29. The zero-order valence-corrected chi connectivity index (χ0v) is 22.8. The Kier molecular flexibility index (Phi) is 7.71. The van der Waals surface area contributed by atoms with E-state index in [1.807, 2.05) is 16.8 Å². The summed E-state index contributed by atoms with van der Waals surface area (Å²) in [6, 6.07) is 5.53. The van der Waals surface area contributed by atoms with Crippen LogP contribution in [-0.4, -0.2) is 103 Å². The van der Waals surface area contributed by atoms with Crippen molar-refractivity contribution in [3.63, 3.8) is 0 Å². The summed E-state index contributed by atoms with van der Waals surface area (Å²) >= 11 is 0. The van der Waals surface area contributed by atoms with Gasteiger partial charge in [0.25, 0.3) is 5.78 Å². The molecule has 0 radical (unpaired) electrons. The van der Waals surface area contributed by atoms with Crippen LogP contribution in [0.5, 0.6) is 5.75 Å². The summed E-state index contributed by atoms with van der Waals surface area (Å²) in [5, 5.41) is 4.30. The maximum Gasteiger partial charge on any atom is 0.259 e. The van der Waals surface area contributed by atoms with Gasteiger partial charge in [-0.15, -0.1) is 5.10 Å². The molecule has 5 rings (SSSR count). The van der Waals surface area contributed by atoms with Crippen molar-refractivity contribution >= 4 is 33.2 Å². The number of benzene rings is 1. The summed E-state index contributed by atoms with van der Waals surface area (Å²) in [6.07, 6.45) is 2.60. The number of nitrogens with zero attached hydrogens (tertiary/aromatic N) is 8. The van der Waals surface area contributed by atoms with Crippen molar-refractivity contribution < 1.29 is 26.4 Å². The Morgan fingerprint density at radius 2 is 1.90 bits per heavy atom. The molecule has 0 saturated carbocycles. The van der Waals surface area contributed by atoms with Crippen LogP contribution in [0.1, 0.15) is 0 Å². The number of halogens is 2. The van der Waals surface area contributed by atoms with E-state index >= 15 is 0 Å². The zero-order valence-electron chi connectivity index (χ0n) is 22.0. The fraction of sp³-hybridized carbons (Fsp3) is 0.417. The SMILES string of the molecule is CN(CCN1CCN(c2cc(OCCS(C)(=O)=O)c(F)cc2F)CC1)c1nc(N)n2nc(-c3ccco3)nc2n1. The normalized spacial score (nSPS) is 14.7. The van der Waals surface area contributed by atoms with Crippen LogP contribution < -0.4 is 20.3 Å². The number of likely N-dealkylation sites (N-methyl/N-ethyl adjacent to an activating group) is 1. The lowest BCUT2D eigenvalue weighted by molar-refractivity contribution is 0.262. The minimum atomic E-state index is -3.27. The number of hydrogen-bond acceptors (Lipinski definition) is 12. The van der Waals surface area contributed by atoms with Crippen LogP contribution in [-0.2, 0) is 9.84 Å². The maximum absolute atomic E-state index is 14.6. The summed E-state index contributed by atoms with van der Waals surface area (Å²) in [5.41, 5.74) is 6.31. The van der Waals surface area contributed by atoms with Gasteiger partial charge in [0.2, 0.25) is 17.7 Å². The first-order valence-corrected chi connectivity index (χ1v) is 14.6. The topological polar surface area (TPSA) is 148 Å². The monoisotopic (exact) mass is 577 g/mol. The summed E-state index contributed by atoms with van der Waals surface area (Å²) in [6.45, 7) is 3.39. The van der Waals surface area contributed by atoms with Gasteiger partial charge < -0.3 is 24.7 Å². The number of sulfone groups is 1. The molecule has 16 heteroatoms. The molecular formula is C24H29F2N9O4S. The fourth-order valence-electron chi connectivity index (χ4n) is 4.25. The Morgan fingerprint density at radius 3 is 2.60 bits per heavy atom. The van der Waals surface area contributed by atoms with Crippen molar-refractivity contribution in [2.75, 3.05) is 80.5 Å². The molecule has 214 valence electrons. The molecule has 0 spiro atoms. The summed E-state index contributed by atoms with van der Waals surface area (Å²) in [5.74, 6) is -0.312. The van der Waals surface area contributed by atoms with Gasteiger partial charge in [-0.25, -0.2) is 17.2 Å². The molecule has 1 aromatic carbocycles. The average Bonchev–Trinajstić information content (AvgIpc) is 3.59. The molecule has 1 saturated heterocycles. The molecule has 0 bridgehead atoms. The Morgan fingerprint density at radius 1 is 1.12 bits per heavy atom. The van der Waals surface area contributed by atoms with Crippen molar-refractivity contribution in [1.29, 1.82) is 0 Å². The average molecular weight is 578 g/mol. The predicted molar refractivity (Wildman–Crippen MR) is 144 cm³/mol. The van der Waals surface area contributed by atoms with Gasteiger partial charge in [0, 0.05) is 64.7 Å². The standard InChI is InChI=1S/C24H29F2N9O4S/c1-32(23-29-22(27)35-24(30-23)28-21(31-35)19-4-3-11-38-19)5-6-33-7-9-34(10-8-33)18-15-20(17(26)14-16(18)25)39-12-13-40(2,36)37/h3-4,11,14-15H,5-10,12-13H2,1-2H3,(H2,27,28,29,30,31). The van der Waals surface area contributed by atoms with Gasteiger partial charge in [-0.05, 0) is 12.1 Å². The van der Waals surface area contributed by atoms with E-state index in [0.717, 1.165) is 12.3 Å². The third kappa shape index (κ3) is 6.22. The zero-order chi connectivity index (χ0) is 28.4.